The van der Waals surface area contributed by atoms with E-state index in [4.69, 9.17) is 5.11 Å². The van der Waals surface area contributed by atoms with Crippen molar-refractivity contribution in [3.8, 4) is 0 Å². The number of thioether (sulfide) groups is 1. The third kappa shape index (κ3) is 4.19. The number of aliphatic carboxylic acids is 1. The molecule has 0 aliphatic carbocycles. The van der Waals surface area contributed by atoms with E-state index in [0.29, 0.717) is 11.7 Å². The summed E-state index contributed by atoms with van der Waals surface area (Å²) in [7, 11) is 0. The summed E-state index contributed by atoms with van der Waals surface area (Å²) in [6.07, 6.45) is 1.63. The number of carboxylic acids is 1. The second kappa shape index (κ2) is 6.36. The van der Waals surface area contributed by atoms with Crippen molar-refractivity contribution in [3.63, 3.8) is 0 Å². The second-order valence-corrected chi connectivity index (χ2v) is 7.05. The van der Waals surface area contributed by atoms with E-state index in [9.17, 15) is 9.59 Å². The van der Waals surface area contributed by atoms with Crippen LogP contribution in [0.25, 0.3) is 0 Å². The molecule has 0 amide bonds. The molecule has 0 bridgehead atoms. The maximum Gasteiger partial charge on any atom is 0.313 e. The lowest BCUT2D eigenvalue weighted by atomic mass is 10.4. The molecule has 0 aromatic carbocycles. The zero-order valence-electron chi connectivity index (χ0n) is 9.58. The molecular formula is C11H9BrN2O3S2. The van der Waals surface area contributed by atoms with E-state index in [1.54, 1.807) is 22.1 Å². The molecular weight excluding hydrogens is 352 g/mol. The van der Waals surface area contributed by atoms with Crippen LogP contribution < -0.4 is 5.56 Å². The summed E-state index contributed by atoms with van der Waals surface area (Å²) in [6.45, 7) is 0.561. The fourth-order valence-electron chi connectivity index (χ4n) is 1.38. The molecule has 0 radical (unpaired) electrons. The zero-order chi connectivity index (χ0) is 13.8. The molecule has 2 heterocycles. The summed E-state index contributed by atoms with van der Waals surface area (Å²) in [4.78, 5) is 26.8. The SMILES string of the molecule is O=C(O)CSc1nc(=O)ccn1Cc1ccc(Br)s1. The maximum atomic E-state index is 11.3. The Kier molecular flexibility index (Phi) is 4.78. The largest absolute Gasteiger partial charge is 0.481 e. The van der Waals surface area contributed by atoms with Gasteiger partial charge in [0, 0.05) is 17.1 Å². The molecule has 8 heteroatoms. The van der Waals surface area contributed by atoms with E-state index in [0.717, 1.165) is 20.4 Å². The van der Waals surface area contributed by atoms with Crippen LogP contribution in [0.3, 0.4) is 0 Å². The molecule has 0 unspecified atom stereocenters. The highest BCUT2D eigenvalue weighted by Crippen LogP contribution is 2.24. The van der Waals surface area contributed by atoms with Gasteiger partial charge in [0.25, 0.3) is 5.56 Å². The average molecular weight is 361 g/mol. The van der Waals surface area contributed by atoms with Crippen LogP contribution in [-0.2, 0) is 11.3 Å². The normalized spacial score (nSPS) is 10.6. The van der Waals surface area contributed by atoms with Gasteiger partial charge in [-0.15, -0.1) is 11.3 Å². The van der Waals surface area contributed by atoms with Crippen molar-refractivity contribution in [1.82, 2.24) is 9.55 Å². The molecule has 0 aliphatic heterocycles. The lowest BCUT2D eigenvalue weighted by molar-refractivity contribution is -0.133. The predicted octanol–water partition coefficient (Wildman–Crippen LogP) is 2.29. The highest BCUT2D eigenvalue weighted by molar-refractivity contribution is 9.11. The van der Waals surface area contributed by atoms with Gasteiger partial charge in [-0.2, -0.15) is 4.98 Å². The quantitative estimate of drug-likeness (QED) is 0.654. The number of hydrogen-bond donors (Lipinski definition) is 1. The summed E-state index contributed by atoms with van der Waals surface area (Å²) in [6, 6.07) is 5.28. The maximum absolute atomic E-state index is 11.3. The van der Waals surface area contributed by atoms with Crippen molar-refractivity contribution in [2.45, 2.75) is 11.7 Å². The number of thiophene rings is 1. The topological polar surface area (TPSA) is 72.2 Å². The van der Waals surface area contributed by atoms with Crippen molar-refractivity contribution < 1.29 is 9.90 Å². The number of rotatable bonds is 5. The first-order valence-corrected chi connectivity index (χ1v) is 7.80. The molecule has 2 rings (SSSR count). The summed E-state index contributed by atoms with van der Waals surface area (Å²) in [5.74, 6) is -1.06. The van der Waals surface area contributed by atoms with Crippen molar-refractivity contribution >= 4 is 45.0 Å². The van der Waals surface area contributed by atoms with Crippen LogP contribution in [0.2, 0.25) is 0 Å². The third-order valence-electron chi connectivity index (χ3n) is 2.13. The smallest absolute Gasteiger partial charge is 0.313 e. The molecule has 0 fully saturated rings. The van der Waals surface area contributed by atoms with E-state index in [1.165, 1.54) is 6.07 Å². The first-order chi connectivity index (χ1) is 9.04. The van der Waals surface area contributed by atoms with Crippen LogP contribution in [0.15, 0.2) is 38.1 Å². The summed E-state index contributed by atoms with van der Waals surface area (Å²) < 4.78 is 2.80. The Hall–Kier alpha value is -1.12. The van der Waals surface area contributed by atoms with Gasteiger partial charge in [0.05, 0.1) is 16.1 Å². The van der Waals surface area contributed by atoms with Crippen LogP contribution in [-0.4, -0.2) is 26.4 Å². The Bertz CT molecular complexity index is 653. The minimum Gasteiger partial charge on any atom is -0.481 e. The monoisotopic (exact) mass is 360 g/mol. The molecule has 0 saturated carbocycles. The molecule has 1 N–H and O–H groups in total. The van der Waals surface area contributed by atoms with Crippen LogP contribution in [0.1, 0.15) is 4.88 Å². The Morgan fingerprint density at radius 1 is 1.47 bits per heavy atom. The van der Waals surface area contributed by atoms with E-state index in [2.05, 4.69) is 20.9 Å². The van der Waals surface area contributed by atoms with Crippen LogP contribution in [0.5, 0.6) is 0 Å². The van der Waals surface area contributed by atoms with E-state index >= 15 is 0 Å². The number of halogens is 1. The first kappa shape index (κ1) is 14.3. The van der Waals surface area contributed by atoms with Gasteiger partial charge in [-0.25, -0.2) is 0 Å². The summed E-state index contributed by atoms with van der Waals surface area (Å²) >= 11 is 6.01. The lowest BCUT2D eigenvalue weighted by Crippen LogP contribution is -2.14. The summed E-state index contributed by atoms with van der Waals surface area (Å²) in [5, 5.41) is 9.10. The minimum absolute atomic E-state index is 0.120. The zero-order valence-corrected chi connectivity index (χ0v) is 12.8. The Morgan fingerprint density at radius 2 is 2.26 bits per heavy atom. The number of carboxylic acid groups (broad SMARTS) is 1. The lowest BCUT2D eigenvalue weighted by Gasteiger charge is -2.09. The van der Waals surface area contributed by atoms with Gasteiger partial charge in [-0.1, -0.05) is 11.8 Å². The Balaban J connectivity index is 2.23. The third-order valence-corrected chi connectivity index (χ3v) is 4.71. The van der Waals surface area contributed by atoms with Gasteiger partial charge >= 0.3 is 5.97 Å². The number of aromatic nitrogens is 2. The van der Waals surface area contributed by atoms with Crippen molar-refractivity contribution in [2.24, 2.45) is 0 Å². The van der Waals surface area contributed by atoms with E-state index < -0.39 is 5.97 Å². The van der Waals surface area contributed by atoms with Gasteiger partial charge in [0.2, 0.25) is 0 Å². The number of nitrogens with zero attached hydrogens (tertiary/aromatic N) is 2. The van der Waals surface area contributed by atoms with E-state index in [-0.39, 0.29) is 11.3 Å². The number of carbonyl (C=O) groups is 1. The van der Waals surface area contributed by atoms with Crippen LogP contribution in [0, 0.1) is 0 Å². The predicted molar refractivity (Wildman–Crippen MR) is 78.0 cm³/mol. The molecule has 5 nitrogen and oxygen atoms in total. The molecule has 19 heavy (non-hydrogen) atoms. The standard InChI is InChI=1S/C11H9BrN2O3S2/c12-8-2-1-7(19-8)5-14-4-3-9(15)13-11(14)18-6-10(16)17/h1-4H,5-6H2,(H,16,17). The minimum atomic E-state index is -0.937. The first-order valence-electron chi connectivity index (χ1n) is 5.21. The van der Waals surface area contributed by atoms with Crippen molar-refractivity contribution in [2.75, 3.05) is 5.75 Å². The van der Waals surface area contributed by atoms with Gasteiger partial charge in [0.1, 0.15) is 0 Å². The highest BCUT2D eigenvalue weighted by Gasteiger charge is 2.08. The molecule has 100 valence electrons. The fraction of sp³-hybridized carbons (Fsp3) is 0.182. The molecule has 2 aromatic heterocycles. The Morgan fingerprint density at radius 3 is 2.89 bits per heavy atom. The van der Waals surface area contributed by atoms with Gasteiger partial charge in [0.15, 0.2) is 5.16 Å². The molecule has 0 aliphatic rings. The molecule has 0 atom stereocenters. The fourth-order valence-corrected chi connectivity index (χ4v) is 3.56. The molecule has 0 spiro atoms. The van der Waals surface area contributed by atoms with Gasteiger partial charge in [-0.3, -0.25) is 9.59 Å². The van der Waals surface area contributed by atoms with Gasteiger partial charge in [-0.05, 0) is 28.1 Å². The Labute approximate surface area is 125 Å². The second-order valence-electron chi connectivity index (χ2n) is 3.56. The van der Waals surface area contributed by atoms with Crippen molar-refractivity contribution in [3.05, 3.63) is 43.4 Å². The van der Waals surface area contributed by atoms with Crippen molar-refractivity contribution in [1.29, 1.82) is 0 Å². The average Bonchev–Trinajstić information content (AvgIpc) is 2.75. The summed E-state index contributed by atoms with van der Waals surface area (Å²) in [5.41, 5.74) is -0.364. The molecule has 2 aromatic rings. The van der Waals surface area contributed by atoms with Gasteiger partial charge < -0.3 is 9.67 Å². The molecule has 0 saturated heterocycles. The highest BCUT2D eigenvalue weighted by atomic mass is 79.9. The van der Waals surface area contributed by atoms with Crippen LogP contribution in [0.4, 0.5) is 0 Å². The van der Waals surface area contributed by atoms with Crippen LogP contribution >= 0.6 is 39.0 Å². The van der Waals surface area contributed by atoms with E-state index in [1.807, 2.05) is 12.1 Å². The number of hydrogen-bond acceptors (Lipinski definition) is 5.